The minimum Gasteiger partial charge on any atom is -0.198 e. The van der Waals surface area contributed by atoms with Crippen LogP contribution >= 0.6 is 0 Å². The van der Waals surface area contributed by atoms with Crippen LogP contribution in [0.5, 0.6) is 0 Å². The first-order valence-corrected chi connectivity index (χ1v) is 5.75. The van der Waals surface area contributed by atoms with Crippen LogP contribution in [0.25, 0.3) is 10.8 Å². The third kappa shape index (κ3) is 2.41. The van der Waals surface area contributed by atoms with E-state index < -0.39 is 0 Å². The van der Waals surface area contributed by atoms with Crippen LogP contribution in [0.3, 0.4) is 0 Å². The first kappa shape index (κ1) is 10.7. The molecule has 1 nitrogen and oxygen atoms in total. The van der Waals surface area contributed by atoms with E-state index in [1.807, 2.05) is 0 Å². The second-order valence-electron chi connectivity index (χ2n) is 4.00. The van der Waals surface area contributed by atoms with Gasteiger partial charge in [0.05, 0.1) is 6.07 Å². The second-order valence-corrected chi connectivity index (χ2v) is 4.00. The van der Waals surface area contributed by atoms with Gasteiger partial charge in [-0.25, -0.2) is 0 Å². The van der Waals surface area contributed by atoms with Gasteiger partial charge in [-0.05, 0) is 35.6 Å². The van der Waals surface area contributed by atoms with Crippen LogP contribution in [0.2, 0.25) is 0 Å². The number of nitrogens with zero attached hydrogens (tertiary/aromatic N) is 1. The molecule has 0 fully saturated rings. The van der Waals surface area contributed by atoms with Crippen molar-refractivity contribution in [3.63, 3.8) is 0 Å². The summed E-state index contributed by atoms with van der Waals surface area (Å²) in [6.07, 6.45) is 3.84. The Hall–Kier alpha value is -1.81. The van der Waals surface area contributed by atoms with Crippen molar-refractivity contribution in [2.24, 2.45) is 0 Å². The highest BCUT2D eigenvalue weighted by Crippen LogP contribution is 2.20. The lowest BCUT2D eigenvalue weighted by Gasteiger charge is -2.05. The van der Waals surface area contributed by atoms with Crippen LogP contribution in [0, 0.1) is 11.3 Å². The zero-order chi connectivity index (χ0) is 11.2. The molecule has 16 heavy (non-hydrogen) atoms. The average Bonchev–Trinajstić information content (AvgIpc) is 2.35. The summed E-state index contributed by atoms with van der Waals surface area (Å²) in [4.78, 5) is 0. The Morgan fingerprint density at radius 2 is 1.75 bits per heavy atom. The molecule has 0 radical (unpaired) electrons. The van der Waals surface area contributed by atoms with E-state index in [0.717, 1.165) is 19.3 Å². The number of rotatable bonds is 4. The van der Waals surface area contributed by atoms with Crippen LogP contribution in [0.15, 0.2) is 42.5 Å². The van der Waals surface area contributed by atoms with Gasteiger partial charge in [-0.15, -0.1) is 0 Å². The Labute approximate surface area is 96.3 Å². The Morgan fingerprint density at radius 1 is 0.938 bits per heavy atom. The summed E-state index contributed by atoms with van der Waals surface area (Å²) < 4.78 is 0. The van der Waals surface area contributed by atoms with Crippen molar-refractivity contribution in [3.8, 4) is 6.07 Å². The zero-order valence-electron chi connectivity index (χ0n) is 9.32. The van der Waals surface area contributed by atoms with E-state index in [1.54, 1.807) is 0 Å². The number of nitriles is 1. The molecule has 0 aliphatic heterocycles. The lowest BCUT2D eigenvalue weighted by atomic mass is 10.00. The van der Waals surface area contributed by atoms with Gasteiger partial charge in [0.15, 0.2) is 0 Å². The topological polar surface area (TPSA) is 23.8 Å². The maximum Gasteiger partial charge on any atom is 0.0621 e. The van der Waals surface area contributed by atoms with Crippen LogP contribution in [-0.2, 0) is 6.42 Å². The van der Waals surface area contributed by atoms with Gasteiger partial charge in [0.1, 0.15) is 0 Å². The molecule has 0 spiro atoms. The average molecular weight is 209 g/mol. The number of fused-ring (bicyclic) bond motifs is 1. The van der Waals surface area contributed by atoms with Crippen molar-refractivity contribution in [1.82, 2.24) is 0 Å². The first-order valence-electron chi connectivity index (χ1n) is 5.75. The molecule has 2 aromatic carbocycles. The molecule has 0 amide bonds. The number of hydrogen-bond acceptors (Lipinski definition) is 1. The van der Waals surface area contributed by atoms with E-state index in [0.29, 0.717) is 6.42 Å². The van der Waals surface area contributed by atoms with Gasteiger partial charge >= 0.3 is 0 Å². The summed E-state index contributed by atoms with van der Waals surface area (Å²) in [6, 6.07) is 17.1. The third-order valence-electron chi connectivity index (χ3n) is 2.86. The van der Waals surface area contributed by atoms with Gasteiger partial charge in [0.2, 0.25) is 0 Å². The van der Waals surface area contributed by atoms with Gasteiger partial charge < -0.3 is 0 Å². The van der Waals surface area contributed by atoms with Crippen molar-refractivity contribution in [1.29, 1.82) is 5.26 Å². The van der Waals surface area contributed by atoms with Gasteiger partial charge in [0.25, 0.3) is 0 Å². The Balaban J connectivity index is 2.15. The Morgan fingerprint density at radius 3 is 2.62 bits per heavy atom. The summed E-state index contributed by atoms with van der Waals surface area (Å²) in [5.41, 5.74) is 1.40. The lowest BCUT2D eigenvalue weighted by molar-refractivity contribution is 0.755. The molecule has 0 saturated heterocycles. The van der Waals surface area contributed by atoms with Crippen molar-refractivity contribution in [3.05, 3.63) is 48.0 Å². The highest BCUT2D eigenvalue weighted by Gasteiger charge is 1.99. The summed E-state index contributed by atoms with van der Waals surface area (Å²) >= 11 is 0. The van der Waals surface area contributed by atoms with Crippen molar-refractivity contribution in [2.45, 2.75) is 25.7 Å². The SMILES string of the molecule is N#CCCCCc1cccc2ccccc12. The van der Waals surface area contributed by atoms with Gasteiger partial charge in [-0.1, -0.05) is 42.5 Å². The zero-order valence-corrected chi connectivity index (χ0v) is 9.32. The molecule has 0 heterocycles. The number of benzene rings is 2. The van der Waals surface area contributed by atoms with Gasteiger partial charge in [-0.3, -0.25) is 0 Å². The monoisotopic (exact) mass is 209 g/mol. The van der Waals surface area contributed by atoms with E-state index in [1.165, 1.54) is 16.3 Å². The number of unbranched alkanes of at least 4 members (excludes halogenated alkanes) is 2. The van der Waals surface area contributed by atoms with E-state index in [9.17, 15) is 0 Å². The summed E-state index contributed by atoms with van der Waals surface area (Å²) in [7, 11) is 0. The van der Waals surface area contributed by atoms with E-state index >= 15 is 0 Å². The number of hydrogen-bond donors (Lipinski definition) is 0. The minimum absolute atomic E-state index is 0.671. The molecule has 0 bridgehead atoms. The predicted molar refractivity (Wildman–Crippen MR) is 67.1 cm³/mol. The lowest BCUT2D eigenvalue weighted by Crippen LogP contribution is -1.87. The molecule has 0 aromatic heterocycles. The molecule has 0 atom stereocenters. The molecule has 1 heteroatoms. The molecule has 2 aromatic rings. The fourth-order valence-corrected chi connectivity index (χ4v) is 2.03. The molecule has 0 N–H and O–H groups in total. The Bertz CT molecular complexity index is 503. The molecule has 2 rings (SSSR count). The van der Waals surface area contributed by atoms with Crippen LogP contribution in [-0.4, -0.2) is 0 Å². The molecule has 0 aliphatic carbocycles. The summed E-state index contributed by atoms with van der Waals surface area (Å²) in [6.45, 7) is 0. The predicted octanol–water partition coefficient (Wildman–Crippen LogP) is 4.08. The van der Waals surface area contributed by atoms with Gasteiger partial charge in [0, 0.05) is 6.42 Å². The highest BCUT2D eigenvalue weighted by atomic mass is 14.2. The van der Waals surface area contributed by atoms with E-state index in [-0.39, 0.29) is 0 Å². The van der Waals surface area contributed by atoms with E-state index in [2.05, 4.69) is 48.5 Å². The van der Waals surface area contributed by atoms with Crippen molar-refractivity contribution >= 4 is 10.8 Å². The molecule has 0 unspecified atom stereocenters. The largest absolute Gasteiger partial charge is 0.198 e. The van der Waals surface area contributed by atoms with Gasteiger partial charge in [-0.2, -0.15) is 5.26 Å². The molecular formula is C15H15N. The summed E-state index contributed by atoms with van der Waals surface area (Å²) in [5.74, 6) is 0. The molecule has 0 saturated carbocycles. The quantitative estimate of drug-likeness (QED) is 0.696. The maximum atomic E-state index is 8.49. The molecule has 80 valence electrons. The maximum absolute atomic E-state index is 8.49. The molecular weight excluding hydrogens is 194 g/mol. The van der Waals surface area contributed by atoms with Crippen LogP contribution in [0.1, 0.15) is 24.8 Å². The van der Waals surface area contributed by atoms with E-state index in [4.69, 9.17) is 5.26 Å². The van der Waals surface area contributed by atoms with Crippen molar-refractivity contribution in [2.75, 3.05) is 0 Å². The fraction of sp³-hybridized carbons (Fsp3) is 0.267. The number of aryl methyl sites for hydroxylation is 1. The molecule has 0 aliphatic rings. The minimum atomic E-state index is 0.671. The summed E-state index contributed by atoms with van der Waals surface area (Å²) in [5, 5.41) is 11.1. The van der Waals surface area contributed by atoms with Crippen LogP contribution in [0.4, 0.5) is 0 Å². The smallest absolute Gasteiger partial charge is 0.0621 e. The standard InChI is InChI=1S/C15H15N/c16-12-5-1-2-7-13-9-6-10-14-8-3-4-11-15(13)14/h3-4,6,8-11H,1-2,5,7H2. The fourth-order valence-electron chi connectivity index (χ4n) is 2.03. The van der Waals surface area contributed by atoms with Crippen molar-refractivity contribution < 1.29 is 0 Å². The third-order valence-corrected chi connectivity index (χ3v) is 2.86. The highest BCUT2D eigenvalue weighted by molar-refractivity contribution is 5.85. The second kappa shape index (κ2) is 5.32. The normalized spacial score (nSPS) is 10.2. The Kier molecular flexibility index (Phi) is 3.56. The van der Waals surface area contributed by atoms with Crippen LogP contribution < -0.4 is 0 Å². The first-order chi connectivity index (χ1) is 7.92.